The van der Waals surface area contributed by atoms with Crippen molar-refractivity contribution in [3.05, 3.63) is 109 Å². The standard InChI is InChI=1S/C27H24N4O.2H2/c32-27(31-26-15-25(26)20-6-3-1-2-4-7-20)21-8-5-9-24(14-21)30-23-12-10-19(11-13-23)22-16-28-18-29-17-22;;/h1,3-14,16-18,25-26,30H,2,15H2,(H,31,32);2*1H/t25-,26+;;/m0../s1. The molecule has 1 amide bonds. The Morgan fingerprint density at radius 3 is 2.66 bits per heavy atom. The van der Waals surface area contributed by atoms with Gasteiger partial charge in [0.2, 0.25) is 0 Å². The summed E-state index contributed by atoms with van der Waals surface area (Å²) in [6, 6.07) is 15.9. The number of nitrogens with zero attached hydrogens (tertiary/aromatic N) is 2. The summed E-state index contributed by atoms with van der Waals surface area (Å²) < 4.78 is 0. The van der Waals surface area contributed by atoms with Gasteiger partial charge in [-0.2, -0.15) is 0 Å². The number of nitrogens with one attached hydrogen (secondary N) is 2. The van der Waals surface area contributed by atoms with Gasteiger partial charge in [-0.25, -0.2) is 9.97 Å². The number of anilines is 2. The molecule has 0 radical (unpaired) electrons. The first-order valence-electron chi connectivity index (χ1n) is 10.8. The van der Waals surface area contributed by atoms with E-state index in [1.54, 1.807) is 12.4 Å². The van der Waals surface area contributed by atoms with E-state index in [0.717, 1.165) is 35.3 Å². The number of amides is 1. The van der Waals surface area contributed by atoms with E-state index in [1.165, 1.54) is 11.9 Å². The first-order chi connectivity index (χ1) is 15.8. The summed E-state index contributed by atoms with van der Waals surface area (Å²) in [7, 11) is 0. The summed E-state index contributed by atoms with van der Waals surface area (Å²) in [5.74, 6) is 0.377. The number of carbonyl (C=O) groups excluding carboxylic acids is 1. The molecular weight excluding hydrogens is 396 g/mol. The van der Waals surface area contributed by atoms with Crippen LogP contribution in [0.3, 0.4) is 0 Å². The van der Waals surface area contributed by atoms with Crippen molar-refractivity contribution < 1.29 is 7.65 Å². The lowest BCUT2D eigenvalue weighted by Crippen LogP contribution is -2.27. The molecule has 3 aromatic rings. The van der Waals surface area contributed by atoms with Crippen molar-refractivity contribution in [2.24, 2.45) is 5.92 Å². The molecule has 162 valence electrons. The van der Waals surface area contributed by atoms with Gasteiger partial charge >= 0.3 is 0 Å². The summed E-state index contributed by atoms with van der Waals surface area (Å²) in [5.41, 5.74) is 5.81. The number of carbonyl (C=O) groups is 1. The summed E-state index contributed by atoms with van der Waals surface area (Å²) in [4.78, 5) is 20.9. The Hall–Kier alpha value is -3.99. The number of hydrogen-bond donors (Lipinski definition) is 2. The Balaban J connectivity index is 0.00000162. The summed E-state index contributed by atoms with van der Waals surface area (Å²) in [6.07, 6.45) is 17.8. The van der Waals surface area contributed by atoms with Crippen LogP contribution in [-0.4, -0.2) is 21.9 Å². The Bertz CT molecular complexity index is 1210. The fraction of sp³-hybridized carbons (Fsp3) is 0.148. The molecule has 0 unspecified atom stereocenters. The molecule has 0 spiro atoms. The molecule has 5 nitrogen and oxygen atoms in total. The van der Waals surface area contributed by atoms with Crippen molar-refractivity contribution in [3.63, 3.8) is 0 Å². The van der Waals surface area contributed by atoms with Crippen LogP contribution in [0.5, 0.6) is 0 Å². The highest BCUT2D eigenvalue weighted by molar-refractivity contribution is 5.95. The van der Waals surface area contributed by atoms with Gasteiger partial charge in [-0.1, -0.05) is 48.6 Å². The zero-order valence-electron chi connectivity index (χ0n) is 17.6. The lowest BCUT2D eigenvalue weighted by Gasteiger charge is -2.10. The van der Waals surface area contributed by atoms with Crippen molar-refractivity contribution in [3.8, 4) is 11.1 Å². The molecule has 1 heterocycles. The van der Waals surface area contributed by atoms with Crippen LogP contribution in [0.15, 0.2) is 103 Å². The van der Waals surface area contributed by atoms with Crippen molar-refractivity contribution in [2.45, 2.75) is 18.9 Å². The van der Waals surface area contributed by atoms with Crippen LogP contribution in [0.4, 0.5) is 11.4 Å². The molecule has 5 rings (SSSR count). The third-order valence-electron chi connectivity index (χ3n) is 5.73. The molecule has 1 saturated carbocycles. The average molecular weight is 425 g/mol. The van der Waals surface area contributed by atoms with Crippen molar-refractivity contribution in [1.29, 1.82) is 0 Å². The van der Waals surface area contributed by atoms with E-state index in [2.05, 4.69) is 51.0 Å². The van der Waals surface area contributed by atoms with Gasteiger partial charge in [-0.3, -0.25) is 4.79 Å². The van der Waals surface area contributed by atoms with E-state index in [9.17, 15) is 4.79 Å². The second kappa shape index (κ2) is 9.02. The van der Waals surface area contributed by atoms with Gasteiger partial charge in [0.25, 0.3) is 5.91 Å². The van der Waals surface area contributed by atoms with Gasteiger partial charge in [0.1, 0.15) is 6.33 Å². The Morgan fingerprint density at radius 1 is 0.969 bits per heavy atom. The largest absolute Gasteiger partial charge is 0.356 e. The monoisotopic (exact) mass is 424 g/mol. The van der Waals surface area contributed by atoms with Gasteiger partial charge in [0, 0.05) is 49.7 Å². The SMILES string of the molecule is O=C(N[C@@H]1C[C@H]1C1=CC=CCC=C1)c1cccc(Nc2ccc(-c3cncnc3)cc2)c1.[HH].[HH]. The van der Waals surface area contributed by atoms with Gasteiger partial charge in [0.15, 0.2) is 0 Å². The van der Waals surface area contributed by atoms with E-state index in [1.807, 2.05) is 48.5 Å². The van der Waals surface area contributed by atoms with E-state index in [-0.39, 0.29) is 14.8 Å². The fourth-order valence-electron chi connectivity index (χ4n) is 3.92. The molecule has 1 aromatic heterocycles. The maximum Gasteiger partial charge on any atom is 0.251 e. The molecule has 0 bridgehead atoms. The van der Waals surface area contributed by atoms with E-state index in [0.29, 0.717) is 11.5 Å². The smallest absolute Gasteiger partial charge is 0.251 e. The van der Waals surface area contributed by atoms with Gasteiger partial charge in [0.05, 0.1) is 0 Å². The molecule has 5 heteroatoms. The maximum atomic E-state index is 12.8. The van der Waals surface area contributed by atoms with Crippen molar-refractivity contribution >= 4 is 17.3 Å². The Kier molecular flexibility index (Phi) is 5.62. The Labute approximate surface area is 190 Å². The van der Waals surface area contributed by atoms with Gasteiger partial charge < -0.3 is 10.6 Å². The summed E-state index contributed by atoms with van der Waals surface area (Å²) in [6.45, 7) is 0. The number of rotatable bonds is 6. The van der Waals surface area contributed by atoms with E-state index < -0.39 is 0 Å². The molecule has 2 atom stereocenters. The fourth-order valence-corrected chi connectivity index (χ4v) is 3.92. The van der Waals surface area contributed by atoms with Crippen molar-refractivity contribution in [2.75, 3.05) is 5.32 Å². The number of hydrogen-bond acceptors (Lipinski definition) is 4. The topological polar surface area (TPSA) is 66.9 Å². The molecule has 0 aliphatic heterocycles. The third-order valence-corrected chi connectivity index (χ3v) is 5.73. The lowest BCUT2D eigenvalue weighted by molar-refractivity contribution is 0.0950. The van der Waals surface area contributed by atoms with Gasteiger partial charge in [-0.15, -0.1) is 0 Å². The molecule has 2 N–H and O–H groups in total. The van der Waals surface area contributed by atoms with Crippen LogP contribution in [0, 0.1) is 5.92 Å². The van der Waals surface area contributed by atoms with E-state index >= 15 is 0 Å². The Morgan fingerprint density at radius 2 is 1.81 bits per heavy atom. The molecule has 2 aliphatic rings. The zero-order chi connectivity index (χ0) is 21.8. The van der Waals surface area contributed by atoms with Crippen molar-refractivity contribution in [1.82, 2.24) is 15.3 Å². The quantitative estimate of drug-likeness (QED) is 0.514. The van der Waals surface area contributed by atoms with Crippen LogP contribution in [0.2, 0.25) is 0 Å². The molecule has 0 saturated heterocycles. The molecular formula is C27H28N4O. The van der Waals surface area contributed by atoms with Gasteiger partial charge in [-0.05, 0) is 54.3 Å². The second-order valence-electron chi connectivity index (χ2n) is 8.07. The normalized spacial score (nSPS) is 19.1. The lowest BCUT2D eigenvalue weighted by atomic mass is 10.1. The average Bonchev–Trinajstić information content (AvgIpc) is 3.63. The van der Waals surface area contributed by atoms with Crippen LogP contribution in [0.1, 0.15) is 26.1 Å². The van der Waals surface area contributed by atoms with Crippen LogP contribution < -0.4 is 10.6 Å². The van der Waals surface area contributed by atoms with Crippen LogP contribution in [0.25, 0.3) is 11.1 Å². The van der Waals surface area contributed by atoms with Crippen LogP contribution >= 0.6 is 0 Å². The number of allylic oxidation sites excluding steroid dienone is 5. The molecule has 32 heavy (non-hydrogen) atoms. The summed E-state index contributed by atoms with van der Waals surface area (Å²) in [5, 5.41) is 6.55. The molecule has 2 aromatic carbocycles. The first-order valence-corrected chi connectivity index (χ1v) is 10.8. The number of aromatic nitrogens is 2. The predicted molar refractivity (Wildman–Crippen MR) is 132 cm³/mol. The highest BCUT2D eigenvalue weighted by atomic mass is 16.1. The minimum atomic E-state index is -0.0330. The highest BCUT2D eigenvalue weighted by Crippen LogP contribution is 2.38. The predicted octanol–water partition coefficient (Wildman–Crippen LogP) is 5.94. The highest BCUT2D eigenvalue weighted by Gasteiger charge is 2.40. The molecule has 2 aliphatic carbocycles. The maximum absolute atomic E-state index is 12.8. The summed E-state index contributed by atoms with van der Waals surface area (Å²) >= 11 is 0. The number of benzene rings is 2. The zero-order valence-corrected chi connectivity index (χ0v) is 17.6. The van der Waals surface area contributed by atoms with E-state index in [4.69, 9.17) is 0 Å². The minimum Gasteiger partial charge on any atom is -0.356 e. The molecule has 1 fully saturated rings. The first kappa shape index (κ1) is 19.9. The second-order valence-corrected chi connectivity index (χ2v) is 8.07. The minimum absolute atomic E-state index is 0. The third kappa shape index (κ3) is 4.67. The van der Waals surface area contributed by atoms with Crippen LogP contribution in [-0.2, 0) is 0 Å².